The van der Waals surface area contributed by atoms with Gasteiger partial charge in [0.05, 0.1) is 10.9 Å². The van der Waals surface area contributed by atoms with Gasteiger partial charge in [-0.25, -0.2) is 0 Å². The lowest BCUT2D eigenvalue weighted by atomic mass is 10.1. The van der Waals surface area contributed by atoms with Gasteiger partial charge in [0.15, 0.2) is 5.78 Å². The quantitative estimate of drug-likeness (QED) is 0.837. The fourth-order valence-corrected chi connectivity index (χ4v) is 2.87. The van der Waals surface area contributed by atoms with Crippen LogP contribution in [0.1, 0.15) is 37.0 Å². The van der Waals surface area contributed by atoms with E-state index in [1.54, 1.807) is 17.8 Å². The third kappa shape index (κ3) is 2.36. The molecule has 1 N–H and O–H groups in total. The van der Waals surface area contributed by atoms with Crippen molar-refractivity contribution in [2.75, 3.05) is 5.32 Å². The average Bonchev–Trinajstić information content (AvgIpc) is 2.36. The zero-order valence-corrected chi connectivity index (χ0v) is 10.8. The van der Waals surface area contributed by atoms with E-state index < -0.39 is 0 Å². The second-order valence-electron chi connectivity index (χ2n) is 3.99. The first-order valence-corrected chi connectivity index (χ1v) is 6.68. The Labute approximate surface area is 105 Å². The van der Waals surface area contributed by atoms with Gasteiger partial charge >= 0.3 is 0 Å². The molecule has 0 aliphatic carbocycles. The number of hydrogen-bond donors (Lipinski definition) is 1. The Morgan fingerprint density at radius 1 is 1.41 bits per heavy atom. The number of carbonyl (C=O) groups is 2. The average molecular weight is 249 g/mol. The van der Waals surface area contributed by atoms with Crippen LogP contribution in [0.25, 0.3) is 0 Å². The van der Waals surface area contributed by atoms with Crippen molar-refractivity contribution in [2.45, 2.75) is 36.8 Å². The number of Topliss-reactive ketones (excluding diaryl/α,β-unsaturated/α-hetero) is 1. The maximum Gasteiger partial charge on any atom is 0.237 e. The lowest BCUT2D eigenvalue weighted by Crippen LogP contribution is -2.28. The maximum atomic E-state index is 11.7. The lowest BCUT2D eigenvalue weighted by Gasteiger charge is -2.23. The molecule has 1 unspecified atom stereocenters. The predicted octanol–water partition coefficient (Wildman–Crippen LogP) is 3.10. The van der Waals surface area contributed by atoms with Gasteiger partial charge in [-0.1, -0.05) is 13.8 Å². The molecule has 1 aromatic carbocycles. The summed E-state index contributed by atoms with van der Waals surface area (Å²) in [7, 11) is 0. The van der Waals surface area contributed by atoms with Gasteiger partial charge in [-0.05, 0) is 24.6 Å². The second kappa shape index (κ2) is 4.92. The van der Waals surface area contributed by atoms with Crippen molar-refractivity contribution >= 4 is 29.1 Å². The van der Waals surface area contributed by atoms with Gasteiger partial charge in [-0.2, -0.15) is 0 Å². The summed E-state index contributed by atoms with van der Waals surface area (Å²) in [6, 6.07) is 5.47. The Morgan fingerprint density at radius 2 is 2.18 bits per heavy atom. The van der Waals surface area contributed by atoms with Crippen molar-refractivity contribution < 1.29 is 9.59 Å². The zero-order valence-electron chi connectivity index (χ0n) is 9.95. The normalized spacial score (nSPS) is 18.5. The molecule has 1 aromatic rings. The molecular weight excluding hydrogens is 234 g/mol. The molecule has 1 amide bonds. The number of thioether (sulfide) groups is 1. The van der Waals surface area contributed by atoms with E-state index in [0.717, 1.165) is 22.6 Å². The van der Waals surface area contributed by atoms with Gasteiger partial charge in [0.1, 0.15) is 0 Å². The summed E-state index contributed by atoms with van der Waals surface area (Å²) in [5, 5.41) is 2.83. The largest absolute Gasteiger partial charge is 0.324 e. The first-order valence-electron chi connectivity index (χ1n) is 5.80. The molecular formula is C13H15NO2S. The molecule has 0 bridgehead atoms. The summed E-state index contributed by atoms with van der Waals surface area (Å²) in [6.07, 6.45) is 1.30. The first-order chi connectivity index (χ1) is 8.15. The van der Waals surface area contributed by atoms with E-state index in [-0.39, 0.29) is 16.9 Å². The number of hydrogen-bond acceptors (Lipinski definition) is 3. The molecule has 0 spiro atoms. The molecule has 1 aliphatic rings. The van der Waals surface area contributed by atoms with Crippen molar-refractivity contribution in [2.24, 2.45) is 0 Å². The fraction of sp³-hybridized carbons (Fsp3) is 0.385. The minimum Gasteiger partial charge on any atom is -0.324 e. The smallest absolute Gasteiger partial charge is 0.237 e. The van der Waals surface area contributed by atoms with Crippen LogP contribution in [0.3, 0.4) is 0 Å². The molecule has 17 heavy (non-hydrogen) atoms. The highest BCUT2D eigenvalue weighted by atomic mass is 32.2. The predicted molar refractivity (Wildman–Crippen MR) is 69.6 cm³/mol. The second-order valence-corrected chi connectivity index (χ2v) is 5.24. The van der Waals surface area contributed by atoms with Crippen LogP contribution >= 0.6 is 11.8 Å². The summed E-state index contributed by atoms with van der Waals surface area (Å²) in [6.45, 7) is 3.84. The summed E-state index contributed by atoms with van der Waals surface area (Å²) in [5.74, 6) is 0.193. The highest BCUT2D eigenvalue weighted by Gasteiger charge is 2.25. The van der Waals surface area contributed by atoms with E-state index in [4.69, 9.17) is 0 Å². The minimum atomic E-state index is -0.0468. The summed E-state index contributed by atoms with van der Waals surface area (Å²) >= 11 is 1.54. The third-order valence-electron chi connectivity index (χ3n) is 2.82. The van der Waals surface area contributed by atoms with Crippen LogP contribution < -0.4 is 5.32 Å². The number of ketones is 1. The van der Waals surface area contributed by atoms with Crippen LogP contribution in [0, 0.1) is 0 Å². The van der Waals surface area contributed by atoms with E-state index in [1.165, 1.54) is 0 Å². The molecule has 1 aliphatic heterocycles. The Bertz CT molecular complexity index is 470. The highest BCUT2D eigenvalue weighted by molar-refractivity contribution is 8.01. The maximum absolute atomic E-state index is 11.7. The summed E-state index contributed by atoms with van der Waals surface area (Å²) in [5.41, 5.74) is 1.54. The standard InChI is InChI=1S/C13H15NO2S/c1-3-10(15)8-5-6-9-12(7-8)17-11(4-2)13(16)14-9/h5-7,11H,3-4H2,1-2H3,(H,14,16). The SMILES string of the molecule is CCC(=O)c1ccc2c(c1)SC(CC)C(=O)N2. The lowest BCUT2D eigenvalue weighted by molar-refractivity contribution is -0.115. The van der Waals surface area contributed by atoms with Gasteiger partial charge in [0.2, 0.25) is 5.91 Å². The van der Waals surface area contributed by atoms with E-state index in [1.807, 2.05) is 26.0 Å². The number of rotatable bonds is 3. The van der Waals surface area contributed by atoms with Gasteiger partial charge in [0.25, 0.3) is 0 Å². The van der Waals surface area contributed by atoms with Crippen LogP contribution in [-0.4, -0.2) is 16.9 Å². The summed E-state index contributed by atoms with van der Waals surface area (Å²) in [4.78, 5) is 24.3. The highest BCUT2D eigenvalue weighted by Crippen LogP contribution is 2.37. The number of nitrogens with one attached hydrogen (secondary N) is 1. The number of carbonyl (C=O) groups excluding carboxylic acids is 2. The van der Waals surface area contributed by atoms with Gasteiger partial charge in [-0.3, -0.25) is 9.59 Å². The summed E-state index contributed by atoms with van der Waals surface area (Å²) < 4.78 is 0. The van der Waals surface area contributed by atoms with E-state index in [9.17, 15) is 9.59 Å². The molecule has 0 aromatic heterocycles. The third-order valence-corrected chi connectivity index (χ3v) is 4.24. The van der Waals surface area contributed by atoms with Crippen molar-refractivity contribution in [3.8, 4) is 0 Å². The zero-order chi connectivity index (χ0) is 12.4. The van der Waals surface area contributed by atoms with Crippen molar-refractivity contribution in [3.63, 3.8) is 0 Å². The molecule has 1 atom stereocenters. The monoisotopic (exact) mass is 249 g/mol. The van der Waals surface area contributed by atoms with Crippen LogP contribution in [0.2, 0.25) is 0 Å². The molecule has 0 saturated heterocycles. The number of benzene rings is 1. The van der Waals surface area contributed by atoms with Crippen molar-refractivity contribution in [1.82, 2.24) is 0 Å². The van der Waals surface area contributed by atoms with E-state index in [0.29, 0.717) is 6.42 Å². The minimum absolute atomic E-state index is 0.0468. The Hall–Kier alpha value is -1.29. The molecule has 0 radical (unpaired) electrons. The number of anilines is 1. The van der Waals surface area contributed by atoms with Gasteiger partial charge < -0.3 is 5.32 Å². The van der Waals surface area contributed by atoms with Gasteiger partial charge in [-0.15, -0.1) is 11.8 Å². The Kier molecular flexibility index (Phi) is 3.52. The molecule has 3 nitrogen and oxygen atoms in total. The number of fused-ring (bicyclic) bond motifs is 1. The van der Waals surface area contributed by atoms with Crippen molar-refractivity contribution in [1.29, 1.82) is 0 Å². The van der Waals surface area contributed by atoms with Crippen LogP contribution in [0.4, 0.5) is 5.69 Å². The fourth-order valence-electron chi connectivity index (χ4n) is 1.79. The number of amides is 1. The van der Waals surface area contributed by atoms with E-state index >= 15 is 0 Å². The Balaban J connectivity index is 2.33. The molecule has 90 valence electrons. The molecule has 0 fully saturated rings. The van der Waals surface area contributed by atoms with Crippen LogP contribution in [-0.2, 0) is 4.79 Å². The van der Waals surface area contributed by atoms with Crippen molar-refractivity contribution in [3.05, 3.63) is 23.8 Å². The van der Waals surface area contributed by atoms with Crippen LogP contribution in [0.15, 0.2) is 23.1 Å². The molecule has 1 heterocycles. The first kappa shape index (κ1) is 12.2. The van der Waals surface area contributed by atoms with Crippen LogP contribution in [0.5, 0.6) is 0 Å². The van der Waals surface area contributed by atoms with E-state index in [2.05, 4.69) is 5.32 Å². The molecule has 4 heteroatoms. The molecule has 2 rings (SSSR count). The topological polar surface area (TPSA) is 46.2 Å². The molecule has 0 saturated carbocycles. The Morgan fingerprint density at radius 3 is 2.82 bits per heavy atom. The van der Waals surface area contributed by atoms with Gasteiger partial charge in [0, 0.05) is 16.9 Å².